The molecule has 1 rings (SSSR count). The molecule has 12 heavy (non-hydrogen) atoms. The van der Waals surface area contributed by atoms with Crippen LogP contribution in [0, 0.1) is 0 Å². The van der Waals surface area contributed by atoms with E-state index in [-0.39, 0.29) is 0 Å². The molecule has 0 aliphatic carbocycles. The van der Waals surface area contributed by atoms with E-state index in [1.165, 1.54) is 12.3 Å². The highest BCUT2D eigenvalue weighted by Gasteiger charge is 2.12. The number of aliphatic hydroxyl groups excluding tert-OH is 1. The van der Waals surface area contributed by atoms with Crippen molar-refractivity contribution in [2.75, 3.05) is 0 Å². The molecule has 2 nitrogen and oxygen atoms in total. The van der Waals surface area contributed by atoms with Crippen molar-refractivity contribution in [3.05, 3.63) is 54.7 Å². The van der Waals surface area contributed by atoms with Crippen LogP contribution in [0.1, 0.15) is 11.9 Å². The zero-order chi connectivity index (χ0) is 8.97. The van der Waals surface area contributed by atoms with E-state index in [1.54, 1.807) is 12.1 Å². The molecule has 2 heteroatoms. The normalized spacial score (nSPS) is 11.8. The lowest BCUT2D eigenvalue weighted by atomic mass is 10.1. The fraction of sp³-hybridized carbons (Fsp3) is 0.100. The van der Waals surface area contributed by atoms with Gasteiger partial charge in [-0.05, 0) is 12.1 Å². The summed E-state index contributed by atoms with van der Waals surface area (Å²) < 4.78 is 4.99. The molecule has 1 N–H and O–H groups in total. The largest absolute Gasteiger partial charge is 0.466 e. The minimum atomic E-state index is -0.810. The van der Waals surface area contributed by atoms with Crippen LogP contribution in [0.25, 0.3) is 0 Å². The van der Waals surface area contributed by atoms with Crippen molar-refractivity contribution in [1.82, 2.24) is 0 Å². The predicted molar refractivity (Wildman–Crippen MR) is 46.5 cm³/mol. The minimum Gasteiger partial charge on any atom is -0.466 e. The third-order valence-corrected chi connectivity index (χ3v) is 1.53. The summed E-state index contributed by atoms with van der Waals surface area (Å²) in [4.78, 5) is 0. The highest BCUT2D eigenvalue weighted by Crippen LogP contribution is 2.21. The van der Waals surface area contributed by atoms with Crippen LogP contribution in [0.4, 0.5) is 0 Å². The summed E-state index contributed by atoms with van der Waals surface area (Å²) in [7, 11) is 0. The van der Waals surface area contributed by atoms with Crippen molar-refractivity contribution < 1.29 is 9.52 Å². The standard InChI is InChI=1S/C10H10O2/c1-3-8(4-2)10(11)9-6-5-7-12-9/h3,5-7,10-11H,1-2H2. The summed E-state index contributed by atoms with van der Waals surface area (Å²) in [5.41, 5.74) is 3.10. The van der Waals surface area contributed by atoms with Gasteiger partial charge in [-0.25, -0.2) is 0 Å². The Balaban J connectivity index is 2.92. The molecule has 1 heterocycles. The molecule has 0 aliphatic rings. The van der Waals surface area contributed by atoms with Crippen LogP contribution < -0.4 is 0 Å². The molecule has 0 radical (unpaired) electrons. The molecule has 1 atom stereocenters. The van der Waals surface area contributed by atoms with E-state index < -0.39 is 6.10 Å². The maximum absolute atomic E-state index is 9.56. The Labute approximate surface area is 71.1 Å². The van der Waals surface area contributed by atoms with Crippen molar-refractivity contribution in [2.24, 2.45) is 0 Å². The first-order valence-electron chi connectivity index (χ1n) is 3.53. The van der Waals surface area contributed by atoms with Gasteiger partial charge in [-0.1, -0.05) is 19.2 Å². The van der Waals surface area contributed by atoms with E-state index in [9.17, 15) is 5.11 Å². The summed E-state index contributed by atoms with van der Waals surface area (Å²) in [5, 5.41) is 9.56. The fourth-order valence-electron chi connectivity index (χ4n) is 0.881. The van der Waals surface area contributed by atoms with Crippen molar-refractivity contribution in [3.63, 3.8) is 0 Å². The van der Waals surface area contributed by atoms with Crippen LogP contribution in [0.15, 0.2) is 53.4 Å². The molecule has 0 amide bonds. The van der Waals surface area contributed by atoms with Gasteiger partial charge < -0.3 is 9.52 Å². The molecule has 1 unspecified atom stereocenters. The fourth-order valence-corrected chi connectivity index (χ4v) is 0.881. The molecule has 1 aromatic heterocycles. The van der Waals surface area contributed by atoms with E-state index in [4.69, 9.17) is 4.42 Å². The molecule has 0 bridgehead atoms. The molecule has 62 valence electrons. The Hall–Kier alpha value is -1.50. The van der Waals surface area contributed by atoms with Crippen LogP contribution in [0.5, 0.6) is 0 Å². The molecule has 0 aliphatic heterocycles. The molecule has 0 spiro atoms. The van der Waals surface area contributed by atoms with Gasteiger partial charge in [0.15, 0.2) is 0 Å². The highest BCUT2D eigenvalue weighted by molar-refractivity contribution is 5.24. The van der Waals surface area contributed by atoms with Crippen LogP contribution in [0.3, 0.4) is 0 Å². The van der Waals surface area contributed by atoms with Gasteiger partial charge in [-0.3, -0.25) is 0 Å². The number of aliphatic hydroxyl groups is 1. The quantitative estimate of drug-likeness (QED) is 0.546. The summed E-state index contributed by atoms with van der Waals surface area (Å²) >= 11 is 0. The maximum atomic E-state index is 9.56. The first kappa shape index (κ1) is 8.60. The van der Waals surface area contributed by atoms with E-state index in [0.29, 0.717) is 11.3 Å². The zero-order valence-electron chi connectivity index (χ0n) is 6.66. The highest BCUT2D eigenvalue weighted by atomic mass is 16.4. The number of hydrogen-bond donors (Lipinski definition) is 1. The smallest absolute Gasteiger partial charge is 0.144 e. The lowest BCUT2D eigenvalue weighted by molar-refractivity contribution is 0.189. The van der Waals surface area contributed by atoms with Crippen LogP contribution in [-0.4, -0.2) is 5.11 Å². The Morgan fingerprint density at radius 1 is 1.75 bits per heavy atom. The molecule has 0 saturated carbocycles. The first-order valence-corrected chi connectivity index (χ1v) is 3.53. The monoisotopic (exact) mass is 162 g/mol. The van der Waals surface area contributed by atoms with E-state index in [2.05, 4.69) is 18.9 Å². The van der Waals surface area contributed by atoms with Crippen molar-refractivity contribution in [2.45, 2.75) is 6.10 Å². The third kappa shape index (κ3) is 1.56. The average Bonchev–Trinajstić information content (AvgIpc) is 2.58. The van der Waals surface area contributed by atoms with Gasteiger partial charge in [0.05, 0.1) is 6.26 Å². The summed E-state index contributed by atoms with van der Waals surface area (Å²) in [5.74, 6) is 0.473. The molecular weight excluding hydrogens is 152 g/mol. The second-order valence-corrected chi connectivity index (χ2v) is 2.25. The molecule has 0 fully saturated rings. The number of rotatable bonds is 3. The zero-order valence-corrected chi connectivity index (χ0v) is 6.66. The van der Waals surface area contributed by atoms with E-state index >= 15 is 0 Å². The van der Waals surface area contributed by atoms with Gasteiger partial charge in [0.2, 0.25) is 0 Å². The summed E-state index contributed by atoms with van der Waals surface area (Å²) in [6, 6.07) is 3.40. The van der Waals surface area contributed by atoms with E-state index in [1.807, 2.05) is 0 Å². The van der Waals surface area contributed by atoms with Crippen LogP contribution in [-0.2, 0) is 0 Å². The molecule has 1 aromatic rings. The second-order valence-electron chi connectivity index (χ2n) is 2.25. The molecule has 0 saturated heterocycles. The van der Waals surface area contributed by atoms with Gasteiger partial charge in [0.1, 0.15) is 11.9 Å². The first-order chi connectivity index (χ1) is 5.79. The lowest BCUT2D eigenvalue weighted by Gasteiger charge is -2.05. The van der Waals surface area contributed by atoms with Gasteiger partial charge in [0, 0.05) is 5.57 Å². The van der Waals surface area contributed by atoms with Gasteiger partial charge in [0.25, 0.3) is 0 Å². The SMILES string of the molecule is C=C=C(C=C)C(O)c1ccco1. The van der Waals surface area contributed by atoms with Gasteiger partial charge >= 0.3 is 0 Å². The topological polar surface area (TPSA) is 33.4 Å². The summed E-state index contributed by atoms with van der Waals surface area (Å²) in [6.07, 6.45) is 2.19. The maximum Gasteiger partial charge on any atom is 0.144 e. The third-order valence-electron chi connectivity index (χ3n) is 1.53. The Morgan fingerprint density at radius 3 is 2.92 bits per heavy atom. The van der Waals surface area contributed by atoms with Crippen LogP contribution >= 0.6 is 0 Å². The molecule has 0 aromatic carbocycles. The number of furan rings is 1. The average molecular weight is 162 g/mol. The predicted octanol–water partition coefficient (Wildman–Crippen LogP) is 2.21. The Kier molecular flexibility index (Phi) is 2.70. The van der Waals surface area contributed by atoms with Crippen LogP contribution in [0.2, 0.25) is 0 Å². The van der Waals surface area contributed by atoms with E-state index in [0.717, 1.165) is 0 Å². The van der Waals surface area contributed by atoms with Crippen molar-refractivity contribution in [3.8, 4) is 0 Å². The Bertz CT molecular complexity index is 303. The summed E-state index contributed by atoms with van der Waals surface area (Å²) in [6.45, 7) is 6.95. The second kappa shape index (κ2) is 3.77. The number of hydrogen-bond acceptors (Lipinski definition) is 2. The minimum absolute atomic E-state index is 0.473. The lowest BCUT2D eigenvalue weighted by Crippen LogP contribution is -1.96. The molecular formula is C10H10O2. The van der Waals surface area contributed by atoms with Crippen molar-refractivity contribution >= 4 is 0 Å². The van der Waals surface area contributed by atoms with Gasteiger partial charge in [-0.2, -0.15) is 0 Å². The van der Waals surface area contributed by atoms with Gasteiger partial charge in [-0.15, -0.1) is 5.73 Å². The van der Waals surface area contributed by atoms with Crippen molar-refractivity contribution in [1.29, 1.82) is 0 Å². The Morgan fingerprint density at radius 2 is 2.50 bits per heavy atom.